The number of nitrogens with one attached hydrogen (secondary N) is 1. The first-order valence-electron chi connectivity index (χ1n) is 9.15. The number of nitrogens with two attached hydrogens (primary N) is 3. The summed E-state index contributed by atoms with van der Waals surface area (Å²) in [6, 6.07) is 0.159. The van der Waals surface area contributed by atoms with Crippen LogP contribution in [0.1, 0.15) is 48.7 Å². The predicted octanol–water partition coefficient (Wildman–Crippen LogP) is 1.90. The fourth-order valence-electron chi connectivity index (χ4n) is 3.17. The van der Waals surface area contributed by atoms with E-state index in [9.17, 15) is 4.79 Å². The Morgan fingerprint density at radius 2 is 2.04 bits per heavy atom. The number of nitrogen functional groups attached to an aromatic ring is 1. The van der Waals surface area contributed by atoms with Crippen molar-refractivity contribution in [1.82, 2.24) is 9.97 Å². The summed E-state index contributed by atoms with van der Waals surface area (Å²) in [6.45, 7) is 4.62. The van der Waals surface area contributed by atoms with Gasteiger partial charge in [0.1, 0.15) is 15.5 Å². The number of anilines is 3. The molecule has 0 bridgehead atoms. The second-order valence-corrected chi connectivity index (χ2v) is 7.69. The summed E-state index contributed by atoms with van der Waals surface area (Å²) < 4.78 is 0. The van der Waals surface area contributed by atoms with Gasteiger partial charge in [-0.3, -0.25) is 4.79 Å². The molecule has 0 aliphatic carbocycles. The van der Waals surface area contributed by atoms with Gasteiger partial charge in [-0.1, -0.05) is 6.92 Å². The molecule has 3 heterocycles. The van der Waals surface area contributed by atoms with Gasteiger partial charge >= 0.3 is 0 Å². The minimum atomic E-state index is -0.529. The molecule has 2 aromatic heterocycles. The number of aromatic nitrogens is 2. The fourth-order valence-corrected chi connectivity index (χ4v) is 4.12. The molecule has 1 unspecified atom stereocenters. The highest BCUT2D eigenvalue weighted by Crippen LogP contribution is 2.39. The van der Waals surface area contributed by atoms with Crippen molar-refractivity contribution in [2.45, 2.75) is 45.1 Å². The molecule has 1 aliphatic heterocycles. The maximum absolute atomic E-state index is 11.7. The van der Waals surface area contributed by atoms with Crippen LogP contribution in [0.5, 0.6) is 0 Å². The molecule has 1 fully saturated rings. The largest absolute Gasteiger partial charge is 0.397 e. The molecule has 2 aromatic rings. The van der Waals surface area contributed by atoms with Gasteiger partial charge in [-0.2, -0.15) is 4.98 Å². The van der Waals surface area contributed by atoms with E-state index in [1.54, 1.807) is 0 Å². The second kappa shape index (κ2) is 8.05. The molecular formula is C17H27N7OS. The van der Waals surface area contributed by atoms with Crippen LogP contribution in [0.2, 0.25) is 0 Å². The Labute approximate surface area is 157 Å². The fraction of sp³-hybridized carbons (Fsp3) is 0.588. The lowest BCUT2D eigenvalue weighted by molar-refractivity contribution is 0.100. The molecular weight excluding hydrogens is 350 g/mol. The van der Waals surface area contributed by atoms with E-state index in [2.05, 4.69) is 22.1 Å². The third kappa shape index (κ3) is 3.83. The first-order chi connectivity index (χ1) is 12.5. The number of hydrogen-bond acceptors (Lipinski definition) is 8. The number of fused-ring (bicyclic) bond motifs is 1. The van der Waals surface area contributed by atoms with Crippen molar-refractivity contribution in [2.24, 2.45) is 11.5 Å². The predicted molar refractivity (Wildman–Crippen MR) is 108 cm³/mol. The van der Waals surface area contributed by atoms with Crippen LogP contribution in [-0.4, -0.2) is 41.6 Å². The summed E-state index contributed by atoms with van der Waals surface area (Å²) in [7, 11) is 0. The van der Waals surface area contributed by atoms with Crippen molar-refractivity contribution < 1.29 is 4.79 Å². The molecule has 0 aromatic carbocycles. The van der Waals surface area contributed by atoms with Crippen LogP contribution in [0, 0.1) is 0 Å². The van der Waals surface area contributed by atoms with Gasteiger partial charge in [0.15, 0.2) is 0 Å². The van der Waals surface area contributed by atoms with Crippen molar-refractivity contribution >= 4 is 44.9 Å². The topological polar surface area (TPSA) is 136 Å². The van der Waals surface area contributed by atoms with Crippen LogP contribution in [-0.2, 0) is 0 Å². The Morgan fingerprint density at radius 3 is 2.69 bits per heavy atom. The van der Waals surface area contributed by atoms with Gasteiger partial charge in [-0.05, 0) is 32.1 Å². The maximum atomic E-state index is 11.7. The maximum Gasteiger partial charge on any atom is 0.260 e. The Morgan fingerprint density at radius 1 is 1.31 bits per heavy atom. The van der Waals surface area contributed by atoms with Crippen molar-refractivity contribution in [2.75, 3.05) is 35.6 Å². The molecule has 26 heavy (non-hydrogen) atoms. The van der Waals surface area contributed by atoms with E-state index >= 15 is 0 Å². The third-order valence-corrected chi connectivity index (χ3v) is 5.89. The van der Waals surface area contributed by atoms with Gasteiger partial charge in [0.25, 0.3) is 5.91 Å². The first kappa shape index (κ1) is 18.7. The molecule has 1 saturated heterocycles. The quantitative estimate of drug-likeness (QED) is 0.578. The summed E-state index contributed by atoms with van der Waals surface area (Å²) >= 11 is 1.23. The van der Waals surface area contributed by atoms with E-state index in [0.717, 1.165) is 50.0 Å². The average molecular weight is 378 g/mol. The summed E-state index contributed by atoms with van der Waals surface area (Å²) in [4.78, 5) is 24.2. The number of hydrogen-bond donors (Lipinski definition) is 4. The number of thiophene rings is 1. The monoisotopic (exact) mass is 377 g/mol. The van der Waals surface area contributed by atoms with E-state index in [-0.39, 0.29) is 6.04 Å². The number of carbonyl (C=O) groups is 1. The molecule has 0 spiro atoms. The van der Waals surface area contributed by atoms with Gasteiger partial charge in [0, 0.05) is 25.7 Å². The zero-order chi connectivity index (χ0) is 18.7. The summed E-state index contributed by atoms with van der Waals surface area (Å²) in [5.41, 5.74) is 18.1. The first-order valence-corrected chi connectivity index (χ1v) is 9.97. The van der Waals surface area contributed by atoms with Gasteiger partial charge in [-0.25, -0.2) is 4.98 Å². The standard InChI is InChI=1S/C17H27N7OS/c1-2-10(18)6-7-21-17-22-15(24-8-4-3-5-9-24)11-12(19)13(14(20)25)26-16(11)23-17/h10H,2-9,18-19H2,1H3,(H2,20,25)(H,21,22,23). The molecule has 1 aliphatic rings. The Kier molecular flexibility index (Phi) is 5.77. The second-order valence-electron chi connectivity index (χ2n) is 6.69. The van der Waals surface area contributed by atoms with Gasteiger partial charge in [0.05, 0.1) is 11.1 Å². The molecule has 3 rings (SSSR count). The summed E-state index contributed by atoms with van der Waals surface area (Å²) in [5.74, 6) is 0.801. The zero-order valence-electron chi connectivity index (χ0n) is 15.1. The third-order valence-electron chi connectivity index (χ3n) is 4.77. The molecule has 142 valence electrons. The molecule has 7 N–H and O–H groups in total. The van der Waals surface area contributed by atoms with E-state index in [1.807, 2.05) is 0 Å². The van der Waals surface area contributed by atoms with Crippen LogP contribution in [0.15, 0.2) is 0 Å². The van der Waals surface area contributed by atoms with E-state index < -0.39 is 5.91 Å². The van der Waals surface area contributed by atoms with Crippen molar-refractivity contribution in [3.05, 3.63) is 4.88 Å². The number of carbonyl (C=O) groups excluding carboxylic acids is 1. The summed E-state index contributed by atoms with van der Waals surface area (Å²) in [5, 5.41) is 4.00. The SMILES string of the molecule is CCC(N)CCNc1nc(N2CCCCC2)c2c(N)c(C(N)=O)sc2n1. The average Bonchev–Trinajstić information content (AvgIpc) is 2.98. The number of primary amides is 1. The van der Waals surface area contributed by atoms with Crippen LogP contribution >= 0.6 is 11.3 Å². The Hall–Kier alpha value is -2.13. The van der Waals surface area contributed by atoms with E-state index in [4.69, 9.17) is 22.2 Å². The lowest BCUT2D eigenvalue weighted by Crippen LogP contribution is -2.30. The van der Waals surface area contributed by atoms with Gasteiger partial charge < -0.3 is 27.4 Å². The van der Waals surface area contributed by atoms with Gasteiger partial charge in [-0.15, -0.1) is 11.3 Å². The molecule has 1 amide bonds. The Balaban J connectivity index is 1.97. The minimum absolute atomic E-state index is 0.159. The van der Waals surface area contributed by atoms with Crippen LogP contribution in [0.4, 0.5) is 17.5 Å². The summed E-state index contributed by atoms with van der Waals surface area (Å²) in [6.07, 6.45) is 5.23. The van der Waals surface area contributed by atoms with Crippen molar-refractivity contribution in [3.8, 4) is 0 Å². The molecule has 0 radical (unpaired) electrons. The number of piperidine rings is 1. The zero-order valence-corrected chi connectivity index (χ0v) is 15.9. The molecule has 1 atom stereocenters. The molecule has 8 nitrogen and oxygen atoms in total. The number of amides is 1. The lowest BCUT2D eigenvalue weighted by atomic mass is 10.1. The van der Waals surface area contributed by atoms with E-state index in [0.29, 0.717) is 27.9 Å². The highest BCUT2D eigenvalue weighted by molar-refractivity contribution is 7.21. The van der Waals surface area contributed by atoms with Gasteiger partial charge in [0.2, 0.25) is 5.95 Å². The van der Waals surface area contributed by atoms with Crippen molar-refractivity contribution in [1.29, 1.82) is 0 Å². The Bertz CT molecular complexity index is 785. The number of rotatable bonds is 7. The van der Waals surface area contributed by atoms with E-state index in [1.165, 1.54) is 17.8 Å². The molecule has 9 heteroatoms. The smallest absolute Gasteiger partial charge is 0.260 e. The van der Waals surface area contributed by atoms with Crippen LogP contribution < -0.4 is 27.4 Å². The normalized spacial score (nSPS) is 16.0. The highest BCUT2D eigenvalue weighted by Gasteiger charge is 2.24. The minimum Gasteiger partial charge on any atom is -0.397 e. The van der Waals surface area contributed by atoms with Crippen LogP contribution in [0.3, 0.4) is 0 Å². The highest BCUT2D eigenvalue weighted by atomic mass is 32.1. The lowest BCUT2D eigenvalue weighted by Gasteiger charge is -2.28. The number of nitrogens with zero attached hydrogens (tertiary/aromatic N) is 3. The van der Waals surface area contributed by atoms with Crippen molar-refractivity contribution in [3.63, 3.8) is 0 Å². The molecule has 0 saturated carbocycles. The van der Waals surface area contributed by atoms with Crippen LogP contribution in [0.25, 0.3) is 10.2 Å².